The molecule has 2 heterocycles. The molecule has 0 aliphatic carbocycles. The van der Waals surface area contributed by atoms with Crippen LogP contribution in [0.2, 0.25) is 0 Å². The van der Waals surface area contributed by atoms with Gasteiger partial charge in [0.2, 0.25) is 5.82 Å². The Morgan fingerprint density at radius 2 is 2.05 bits per heavy atom. The van der Waals surface area contributed by atoms with Crippen molar-refractivity contribution in [2.24, 2.45) is 5.73 Å². The van der Waals surface area contributed by atoms with Gasteiger partial charge in [0.25, 0.3) is 5.56 Å². The summed E-state index contributed by atoms with van der Waals surface area (Å²) in [5.74, 6) is -1.23. The number of hydrogen-bond acceptors (Lipinski definition) is 7. The first-order chi connectivity index (χ1) is 9.36. The van der Waals surface area contributed by atoms with E-state index in [2.05, 4.69) is 0 Å². The highest BCUT2D eigenvalue weighted by atomic mass is 19.1. The second-order valence-electron chi connectivity index (χ2n) is 4.45. The highest BCUT2D eigenvalue weighted by molar-refractivity contribution is 4.96. The maximum Gasteiger partial charge on any atom is 0.330 e. The molecular weight excluding hydrogens is 277 g/mol. The molecule has 1 aromatic heterocycles. The molecule has 1 aliphatic rings. The summed E-state index contributed by atoms with van der Waals surface area (Å²) in [6, 6.07) is -1.25. The number of ether oxygens (including phenoxy) is 1. The molecule has 6 N–H and O–H groups in total. The van der Waals surface area contributed by atoms with Crippen LogP contribution in [0.3, 0.4) is 0 Å². The maximum atomic E-state index is 13.2. The topological polar surface area (TPSA) is 151 Å². The Hall–Kier alpha value is -1.59. The van der Waals surface area contributed by atoms with Crippen molar-refractivity contribution >= 4 is 0 Å². The fourth-order valence-electron chi connectivity index (χ4n) is 2.02. The molecule has 9 nitrogen and oxygen atoms in total. The standard InChI is InChI=1S/C10H14FN3O6/c11-3-1-14(10(19)13-8(3)18)9-5(12)7(17)6(16)4(2-15)20-9/h1,4-7,9,15-17H,2,12H2,(H,13,18,19)/t4-,5-,6+,7-,9-/m0/s1. The summed E-state index contributed by atoms with van der Waals surface area (Å²) in [7, 11) is 0. The van der Waals surface area contributed by atoms with Crippen molar-refractivity contribution in [1.29, 1.82) is 0 Å². The van der Waals surface area contributed by atoms with Crippen LogP contribution in [-0.4, -0.2) is 55.8 Å². The zero-order valence-electron chi connectivity index (χ0n) is 10.1. The molecule has 0 spiro atoms. The Labute approximate surface area is 111 Å². The maximum absolute atomic E-state index is 13.2. The predicted octanol–water partition coefficient (Wildman–Crippen LogP) is -3.39. The molecule has 0 bridgehead atoms. The number of aromatic amines is 1. The van der Waals surface area contributed by atoms with Crippen molar-refractivity contribution in [3.63, 3.8) is 0 Å². The summed E-state index contributed by atoms with van der Waals surface area (Å²) in [6.07, 6.45) is -4.90. The molecule has 10 heteroatoms. The summed E-state index contributed by atoms with van der Waals surface area (Å²) in [6.45, 7) is -0.637. The number of nitrogens with one attached hydrogen (secondary N) is 1. The molecule has 1 fully saturated rings. The first-order valence-electron chi connectivity index (χ1n) is 5.75. The molecule has 1 aromatic rings. The van der Waals surface area contributed by atoms with Crippen LogP contribution in [0.15, 0.2) is 15.8 Å². The lowest BCUT2D eigenvalue weighted by Crippen LogP contribution is -2.61. The third-order valence-electron chi connectivity index (χ3n) is 3.15. The minimum atomic E-state index is -1.49. The Balaban J connectivity index is 2.44. The van der Waals surface area contributed by atoms with E-state index in [0.29, 0.717) is 10.8 Å². The zero-order valence-corrected chi connectivity index (χ0v) is 10.1. The predicted molar refractivity (Wildman–Crippen MR) is 62.3 cm³/mol. The normalized spacial score (nSPS) is 34.1. The van der Waals surface area contributed by atoms with E-state index in [0.717, 1.165) is 0 Å². The van der Waals surface area contributed by atoms with Crippen LogP contribution in [0, 0.1) is 5.82 Å². The van der Waals surface area contributed by atoms with Gasteiger partial charge in [0.1, 0.15) is 18.3 Å². The second-order valence-corrected chi connectivity index (χ2v) is 4.45. The smallest absolute Gasteiger partial charge is 0.330 e. The van der Waals surface area contributed by atoms with Crippen LogP contribution in [0.25, 0.3) is 0 Å². The average molecular weight is 291 g/mol. The highest BCUT2D eigenvalue weighted by Crippen LogP contribution is 2.25. The Morgan fingerprint density at radius 3 is 2.65 bits per heavy atom. The van der Waals surface area contributed by atoms with Crippen LogP contribution in [0.1, 0.15) is 6.23 Å². The minimum Gasteiger partial charge on any atom is -0.394 e. The van der Waals surface area contributed by atoms with E-state index in [1.165, 1.54) is 0 Å². The zero-order chi connectivity index (χ0) is 15.0. The Morgan fingerprint density at radius 1 is 1.40 bits per heavy atom. The molecule has 0 amide bonds. The summed E-state index contributed by atoms with van der Waals surface area (Å²) in [5, 5.41) is 28.4. The van der Waals surface area contributed by atoms with Gasteiger partial charge in [-0.2, -0.15) is 4.39 Å². The number of rotatable bonds is 2. The highest BCUT2D eigenvalue weighted by Gasteiger charge is 2.43. The fraction of sp³-hybridized carbons (Fsp3) is 0.600. The van der Waals surface area contributed by atoms with E-state index in [-0.39, 0.29) is 0 Å². The number of nitrogens with two attached hydrogens (primary N) is 1. The largest absolute Gasteiger partial charge is 0.394 e. The molecule has 0 radical (unpaired) electrons. The van der Waals surface area contributed by atoms with Gasteiger partial charge in [-0.1, -0.05) is 0 Å². The van der Waals surface area contributed by atoms with Gasteiger partial charge >= 0.3 is 5.69 Å². The summed E-state index contributed by atoms with van der Waals surface area (Å²) < 4.78 is 19.1. The van der Waals surface area contributed by atoms with Crippen LogP contribution >= 0.6 is 0 Å². The van der Waals surface area contributed by atoms with Gasteiger partial charge in [-0.05, 0) is 0 Å². The quantitative estimate of drug-likeness (QED) is 0.381. The summed E-state index contributed by atoms with van der Waals surface area (Å²) in [4.78, 5) is 24.3. The molecule has 0 saturated carbocycles. The third kappa shape index (κ3) is 2.39. The molecule has 2 rings (SSSR count). The monoisotopic (exact) mass is 291 g/mol. The van der Waals surface area contributed by atoms with E-state index in [9.17, 15) is 24.2 Å². The molecule has 20 heavy (non-hydrogen) atoms. The molecular formula is C10H14FN3O6. The van der Waals surface area contributed by atoms with Crippen LogP contribution in [0.5, 0.6) is 0 Å². The van der Waals surface area contributed by atoms with Crippen LogP contribution < -0.4 is 17.0 Å². The second kappa shape index (κ2) is 5.42. The van der Waals surface area contributed by atoms with Crippen molar-refractivity contribution in [2.45, 2.75) is 30.6 Å². The Bertz CT molecular complexity index is 599. The molecule has 112 valence electrons. The van der Waals surface area contributed by atoms with Crippen molar-refractivity contribution in [3.05, 3.63) is 32.9 Å². The van der Waals surface area contributed by atoms with Crippen molar-refractivity contribution < 1.29 is 24.4 Å². The van der Waals surface area contributed by atoms with E-state index >= 15 is 0 Å². The van der Waals surface area contributed by atoms with Crippen LogP contribution in [-0.2, 0) is 4.74 Å². The number of nitrogens with zero attached hydrogens (tertiary/aromatic N) is 1. The first kappa shape index (κ1) is 14.8. The number of aliphatic hydroxyl groups excluding tert-OH is 3. The molecule has 5 atom stereocenters. The average Bonchev–Trinajstić information content (AvgIpc) is 2.41. The van der Waals surface area contributed by atoms with Gasteiger partial charge in [-0.15, -0.1) is 0 Å². The third-order valence-corrected chi connectivity index (χ3v) is 3.15. The van der Waals surface area contributed by atoms with E-state index in [1.54, 1.807) is 4.98 Å². The summed E-state index contributed by atoms with van der Waals surface area (Å²) in [5.41, 5.74) is 3.44. The van der Waals surface area contributed by atoms with Gasteiger partial charge in [0, 0.05) is 0 Å². The number of aliphatic hydroxyl groups is 3. The lowest BCUT2D eigenvalue weighted by Gasteiger charge is -2.41. The van der Waals surface area contributed by atoms with Gasteiger partial charge < -0.3 is 25.8 Å². The molecule has 0 unspecified atom stereocenters. The lowest BCUT2D eigenvalue weighted by atomic mass is 9.97. The summed E-state index contributed by atoms with van der Waals surface area (Å²) >= 11 is 0. The number of H-pyrrole nitrogens is 1. The number of hydrogen-bond donors (Lipinski definition) is 5. The molecule has 1 saturated heterocycles. The van der Waals surface area contributed by atoms with E-state index in [1.807, 2.05) is 0 Å². The fourth-order valence-corrected chi connectivity index (χ4v) is 2.02. The van der Waals surface area contributed by atoms with Crippen molar-refractivity contribution in [2.75, 3.05) is 6.61 Å². The molecule has 0 aromatic carbocycles. The van der Waals surface area contributed by atoms with Crippen LogP contribution in [0.4, 0.5) is 4.39 Å². The lowest BCUT2D eigenvalue weighted by molar-refractivity contribution is -0.211. The van der Waals surface area contributed by atoms with E-state index < -0.39 is 54.3 Å². The van der Waals surface area contributed by atoms with Gasteiger partial charge in [0.15, 0.2) is 6.23 Å². The van der Waals surface area contributed by atoms with E-state index in [4.69, 9.17) is 15.6 Å². The number of aromatic nitrogens is 2. The Kier molecular flexibility index (Phi) is 4.01. The van der Waals surface area contributed by atoms with Gasteiger partial charge in [-0.3, -0.25) is 14.3 Å². The van der Waals surface area contributed by atoms with Gasteiger partial charge in [0.05, 0.1) is 18.8 Å². The SMILES string of the molecule is N[C@H]1[C@H](O)[C@H](O)[C@H](CO)O[C@@H]1n1cc(F)c(=O)[nH]c1=O. The first-order valence-corrected chi connectivity index (χ1v) is 5.75. The van der Waals surface area contributed by atoms with Crippen molar-refractivity contribution in [3.8, 4) is 0 Å². The molecule has 1 aliphatic heterocycles. The number of halogens is 1. The minimum absolute atomic E-state index is 0.588. The van der Waals surface area contributed by atoms with Crippen molar-refractivity contribution in [1.82, 2.24) is 9.55 Å². The van der Waals surface area contributed by atoms with Gasteiger partial charge in [-0.25, -0.2) is 4.79 Å².